The van der Waals surface area contributed by atoms with Crippen molar-refractivity contribution in [3.05, 3.63) is 33.6 Å². The average molecular weight is 244 g/mol. The quantitative estimate of drug-likeness (QED) is 0.827. The topological polar surface area (TPSA) is 42.2 Å². The standard InChI is InChI=1S/C9H10ClN3OS/c1-13(4-7-2-3-14-6-7)5-8-11-12-9(10)15-8/h2-3,6H,4-5H2,1H3. The highest BCUT2D eigenvalue weighted by molar-refractivity contribution is 7.15. The van der Waals surface area contributed by atoms with Gasteiger partial charge in [-0.25, -0.2) is 0 Å². The first-order valence-electron chi connectivity index (χ1n) is 4.41. The molecule has 4 nitrogen and oxygen atoms in total. The number of hydrogen-bond donors (Lipinski definition) is 0. The highest BCUT2D eigenvalue weighted by Gasteiger charge is 2.06. The molecule has 0 saturated carbocycles. The molecule has 0 fully saturated rings. The zero-order valence-corrected chi connectivity index (χ0v) is 9.75. The molecular weight excluding hydrogens is 234 g/mol. The SMILES string of the molecule is CN(Cc1ccoc1)Cc1nnc(Cl)s1. The fourth-order valence-corrected chi connectivity index (χ4v) is 2.23. The maximum Gasteiger partial charge on any atom is 0.207 e. The van der Waals surface area contributed by atoms with E-state index in [4.69, 9.17) is 16.0 Å². The first-order chi connectivity index (χ1) is 7.24. The van der Waals surface area contributed by atoms with E-state index in [1.807, 2.05) is 13.1 Å². The lowest BCUT2D eigenvalue weighted by Gasteiger charge is -2.12. The van der Waals surface area contributed by atoms with Crippen LogP contribution in [0.5, 0.6) is 0 Å². The minimum absolute atomic E-state index is 0.488. The molecular formula is C9H10ClN3OS. The van der Waals surface area contributed by atoms with Gasteiger partial charge in [-0.15, -0.1) is 10.2 Å². The van der Waals surface area contributed by atoms with Gasteiger partial charge in [0.2, 0.25) is 4.47 Å². The van der Waals surface area contributed by atoms with Crippen LogP contribution in [0.15, 0.2) is 23.0 Å². The maximum atomic E-state index is 5.70. The highest BCUT2D eigenvalue weighted by Crippen LogP contribution is 2.16. The summed E-state index contributed by atoms with van der Waals surface area (Å²) >= 11 is 7.10. The van der Waals surface area contributed by atoms with Crippen LogP contribution in [0.3, 0.4) is 0 Å². The van der Waals surface area contributed by atoms with Gasteiger partial charge in [0.15, 0.2) is 0 Å². The van der Waals surface area contributed by atoms with Crippen LogP contribution >= 0.6 is 22.9 Å². The lowest BCUT2D eigenvalue weighted by molar-refractivity contribution is 0.316. The van der Waals surface area contributed by atoms with Crippen molar-refractivity contribution in [2.24, 2.45) is 0 Å². The Morgan fingerprint density at radius 3 is 2.93 bits per heavy atom. The van der Waals surface area contributed by atoms with E-state index < -0.39 is 0 Å². The first kappa shape index (κ1) is 10.6. The monoisotopic (exact) mass is 243 g/mol. The number of rotatable bonds is 4. The molecule has 0 unspecified atom stereocenters. The van der Waals surface area contributed by atoms with E-state index in [-0.39, 0.29) is 0 Å². The van der Waals surface area contributed by atoms with Gasteiger partial charge in [-0.05, 0) is 24.7 Å². The number of nitrogens with zero attached hydrogens (tertiary/aromatic N) is 3. The van der Waals surface area contributed by atoms with Crippen LogP contribution in [-0.2, 0) is 13.1 Å². The van der Waals surface area contributed by atoms with Crippen LogP contribution in [0.2, 0.25) is 4.47 Å². The largest absolute Gasteiger partial charge is 0.472 e. The molecule has 2 rings (SSSR count). The fraction of sp³-hybridized carbons (Fsp3) is 0.333. The zero-order chi connectivity index (χ0) is 10.7. The number of aromatic nitrogens is 2. The number of hydrogen-bond acceptors (Lipinski definition) is 5. The average Bonchev–Trinajstić information content (AvgIpc) is 2.77. The Labute approximate surface area is 96.5 Å². The van der Waals surface area contributed by atoms with Gasteiger partial charge in [0, 0.05) is 12.1 Å². The van der Waals surface area contributed by atoms with Crippen molar-refractivity contribution >= 4 is 22.9 Å². The summed E-state index contributed by atoms with van der Waals surface area (Å²) in [5, 5.41) is 8.63. The summed E-state index contributed by atoms with van der Waals surface area (Å²) in [5.74, 6) is 0. The van der Waals surface area contributed by atoms with Gasteiger partial charge in [-0.3, -0.25) is 4.90 Å². The maximum absolute atomic E-state index is 5.70. The Kier molecular flexibility index (Phi) is 3.35. The molecule has 0 aliphatic rings. The second kappa shape index (κ2) is 4.74. The van der Waals surface area contributed by atoms with Crippen molar-refractivity contribution in [3.63, 3.8) is 0 Å². The number of halogens is 1. The van der Waals surface area contributed by atoms with Crippen LogP contribution < -0.4 is 0 Å². The molecule has 0 spiro atoms. The molecule has 2 aromatic rings. The van der Waals surface area contributed by atoms with Crippen molar-refractivity contribution in [1.82, 2.24) is 15.1 Å². The van der Waals surface area contributed by atoms with E-state index in [2.05, 4.69) is 15.1 Å². The smallest absolute Gasteiger partial charge is 0.207 e. The summed E-state index contributed by atoms with van der Waals surface area (Å²) in [7, 11) is 2.02. The van der Waals surface area contributed by atoms with Crippen LogP contribution in [0.1, 0.15) is 10.6 Å². The molecule has 0 aliphatic heterocycles. The second-order valence-electron chi connectivity index (χ2n) is 3.25. The summed E-state index contributed by atoms with van der Waals surface area (Å²) in [6.07, 6.45) is 3.41. The molecule has 2 heterocycles. The Balaban J connectivity index is 1.90. The van der Waals surface area contributed by atoms with E-state index in [1.165, 1.54) is 11.3 Å². The molecule has 0 amide bonds. The minimum Gasteiger partial charge on any atom is -0.472 e. The highest BCUT2D eigenvalue weighted by atomic mass is 35.5. The summed E-state index contributed by atoms with van der Waals surface area (Å²) in [4.78, 5) is 2.13. The van der Waals surface area contributed by atoms with E-state index in [0.29, 0.717) is 4.47 Å². The normalized spacial score (nSPS) is 11.1. The third-order valence-corrected chi connectivity index (χ3v) is 2.88. The molecule has 0 saturated heterocycles. The molecule has 0 N–H and O–H groups in total. The molecule has 0 radical (unpaired) electrons. The van der Waals surface area contributed by atoms with E-state index >= 15 is 0 Å². The van der Waals surface area contributed by atoms with Crippen molar-refractivity contribution < 1.29 is 4.42 Å². The minimum atomic E-state index is 0.488. The lowest BCUT2D eigenvalue weighted by Crippen LogP contribution is -2.16. The van der Waals surface area contributed by atoms with E-state index in [0.717, 1.165) is 23.7 Å². The number of furan rings is 1. The molecule has 0 aliphatic carbocycles. The predicted molar refractivity (Wildman–Crippen MR) is 58.8 cm³/mol. The summed E-state index contributed by atoms with van der Waals surface area (Å²) in [6.45, 7) is 1.57. The van der Waals surface area contributed by atoms with Crippen LogP contribution in [0.4, 0.5) is 0 Å². The van der Waals surface area contributed by atoms with E-state index in [9.17, 15) is 0 Å². The Hall–Kier alpha value is -0.910. The Bertz CT molecular complexity index is 415. The molecule has 2 aromatic heterocycles. The van der Waals surface area contributed by atoms with Gasteiger partial charge in [0.25, 0.3) is 0 Å². The first-order valence-corrected chi connectivity index (χ1v) is 5.61. The van der Waals surface area contributed by atoms with Gasteiger partial charge in [-0.1, -0.05) is 11.3 Å². The molecule has 6 heteroatoms. The van der Waals surface area contributed by atoms with Crippen molar-refractivity contribution in [3.8, 4) is 0 Å². The van der Waals surface area contributed by atoms with Gasteiger partial charge in [0.1, 0.15) is 5.01 Å². The van der Waals surface area contributed by atoms with Crippen LogP contribution in [0, 0.1) is 0 Å². The summed E-state index contributed by atoms with van der Waals surface area (Å²) in [5.41, 5.74) is 1.15. The second-order valence-corrected chi connectivity index (χ2v) is 4.90. The van der Waals surface area contributed by atoms with Gasteiger partial charge in [-0.2, -0.15) is 0 Å². The van der Waals surface area contributed by atoms with Gasteiger partial charge < -0.3 is 4.42 Å². The third-order valence-electron chi connectivity index (χ3n) is 1.88. The van der Waals surface area contributed by atoms with Gasteiger partial charge in [0.05, 0.1) is 19.1 Å². The van der Waals surface area contributed by atoms with Crippen molar-refractivity contribution in [2.75, 3.05) is 7.05 Å². The van der Waals surface area contributed by atoms with Crippen LogP contribution in [0.25, 0.3) is 0 Å². The molecule has 0 aromatic carbocycles. The Morgan fingerprint density at radius 1 is 1.47 bits per heavy atom. The van der Waals surface area contributed by atoms with Crippen molar-refractivity contribution in [1.29, 1.82) is 0 Å². The zero-order valence-electron chi connectivity index (χ0n) is 8.18. The third kappa shape index (κ3) is 3.02. The molecule has 15 heavy (non-hydrogen) atoms. The predicted octanol–water partition coefficient (Wildman–Crippen LogP) is 2.42. The summed E-state index contributed by atoms with van der Waals surface area (Å²) < 4.78 is 5.48. The fourth-order valence-electron chi connectivity index (χ4n) is 1.28. The molecule has 0 atom stereocenters. The molecule has 80 valence electrons. The van der Waals surface area contributed by atoms with Crippen molar-refractivity contribution in [2.45, 2.75) is 13.1 Å². The lowest BCUT2D eigenvalue weighted by atomic mass is 10.3. The van der Waals surface area contributed by atoms with E-state index in [1.54, 1.807) is 12.5 Å². The van der Waals surface area contributed by atoms with Gasteiger partial charge >= 0.3 is 0 Å². The molecule has 0 bridgehead atoms. The summed E-state index contributed by atoms with van der Waals surface area (Å²) in [6, 6.07) is 1.95. The van der Waals surface area contributed by atoms with Crippen LogP contribution in [-0.4, -0.2) is 22.1 Å². The Morgan fingerprint density at radius 2 is 2.33 bits per heavy atom.